The number of likely N-dealkylation sites (N-methyl/N-ethyl adjacent to an activating group) is 1. The molecule has 0 bridgehead atoms. The van der Waals surface area contributed by atoms with Crippen molar-refractivity contribution >= 4 is 17.5 Å². The fourth-order valence-electron chi connectivity index (χ4n) is 1.46. The van der Waals surface area contributed by atoms with E-state index in [0.29, 0.717) is 11.3 Å². The van der Waals surface area contributed by atoms with Gasteiger partial charge in [0.15, 0.2) is 0 Å². The molecular formula is C13H18N2O3. The van der Waals surface area contributed by atoms with Crippen molar-refractivity contribution in [2.75, 3.05) is 19.0 Å². The summed E-state index contributed by atoms with van der Waals surface area (Å²) < 4.78 is 0. The van der Waals surface area contributed by atoms with Crippen LogP contribution < -0.4 is 5.32 Å². The summed E-state index contributed by atoms with van der Waals surface area (Å²) in [6.45, 7) is 3.08. The number of anilines is 1. The predicted octanol–water partition coefficient (Wildman–Crippen LogP) is 1.10. The number of nitrogens with one attached hydrogen (secondary N) is 1. The van der Waals surface area contributed by atoms with Crippen molar-refractivity contribution in [1.29, 1.82) is 0 Å². The minimum atomic E-state index is -0.248. The van der Waals surface area contributed by atoms with Crippen LogP contribution >= 0.6 is 0 Å². The molecule has 2 amide bonds. The Balaban J connectivity index is 2.89. The van der Waals surface area contributed by atoms with E-state index in [1.165, 1.54) is 11.8 Å². The molecule has 5 nitrogen and oxygen atoms in total. The Morgan fingerprint density at radius 2 is 2.11 bits per heavy atom. The zero-order valence-corrected chi connectivity index (χ0v) is 10.8. The lowest BCUT2D eigenvalue weighted by atomic mass is 10.1. The molecule has 0 aliphatic carbocycles. The molecule has 0 aliphatic rings. The van der Waals surface area contributed by atoms with Gasteiger partial charge >= 0.3 is 0 Å². The zero-order chi connectivity index (χ0) is 13.7. The van der Waals surface area contributed by atoms with E-state index >= 15 is 0 Å². The summed E-state index contributed by atoms with van der Waals surface area (Å²) in [5.41, 5.74) is 1.06. The van der Waals surface area contributed by atoms with Gasteiger partial charge in [-0.05, 0) is 25.1 Å². The number of aliphatic hydroxyl groups is 1. The molecule has 0 spiro atoms. The van der Waals surface area contributed by atoms with Crippen molar-refractivity contribution in [3.63, 3.8) is 0 Å². The topological polar surface area (TPSA) is 69.6 Å². The van der Waals surface area contributed by atoms with E-state index in [4.69, 9.17) is 5.11 Å². The van der Waals surface area contributed by atoms with Gasteiger partial charge in [-0.2, -0.15) is 0 Å². The second-order valence-corrected chi connectivity index (χ2v) is 4.21. The van der Waals surface area contributed by atoms with Crippen molar-refractivity contribution < 1.29 is 14.7 Å². The van der Waals surface area contributed by atoms with E-state index in [2.05, 4.69) is 5.32 Å². The number of hydrogen-bond acceptors (Lipinski definition) is 3. The van der Waals surface area contributed by atoms with Crippen molar-refractivity contribution in [3.05, 3.63) is 29.8 Å². The first-order valence-electron chi connectivity index (χ1n) is 5.71. The van der Waals surface area contributed by atoms with Gasteiger partial charge in [-0.15, -0.1) is 0 Å². The Morgan fingerprint density at radius 3 is 2.67 bits per heavy atom. The van der Waals surface area contributed by atoms with Crippen LogP contribution in [0.15, 0.2) is 24.3 Å². The lowest BCUT2D eigenvalue weighted by molar-refractivity contribution is -0.114. The molecule has 0 aliphatic heterocycles. The number of hydrogen-bond donors (Lipinski definition) is 2. The maximum atomic E-state index is 12.1. The third-order valence-electron chi connectivity index (χ3n) is 2.68. The minimum absolute atomic E-state index is 0.0897. The monoisotopic (exact) mass is 250 g/mol. The first-order chi connectivity index (χ1) is 8.45. The van der Waals surface area contributed by atoms with Crippen molar-refractivity contribution in [1.82, 2.24) is 4.90 Å². The third-order valence-corrected chi connectivity index (χ3v) is 2.68. The van der Waals surface area contributed by atoms with Gasteiger partial charge in [0.2, 0.25) is 5.91 Å². The molecule has 1 rings (SSSR count). The number of aliphatic hydroxyl groups excluding tert-OH is 1. The standard InChI is InChI=1S/C13H18N2O3/c1-9(8-16)15(3)13(18)11-5-4-6-12(7-11)14-10(2)17/h4-7,9,16H,8H2,1-3H3,(H,14,17). The van der Waals surface area contributed by atoms with Crippen LogP contribution in [0.25, 0.3) is 0 Å². The summed E-state index contributed by atoms with van der Waals surface area (Å²) in [6.07, 6.45) is 0. The molecule has 1 aromatic carbocycles. The highest BCUT2D eigenvalue weighted by molar-refractivity contribution is 5.96. The van der Waals surface area contributed by atoms with Crippen LogP contribution in [0.5, 0.6) is 0 Å². The molecule has 0 radical (unpaired) electrons. The lowest BCUT2D eigenvalue weighted by Crippen LogP contribution is -2.37. The summed E-state index contributed by atoms with van der Waals surface area (Å²) in [4.78, 5) is 24.5. The Morgan fingerprint density at radius 1 is 1.44 bits per heavy atom. The molecular weight excluding hydrogens is 232 g/mol. The summed E-state index contributed by atoms with van der Waals surface area (Å²) in [6, 6.07) is 6.46. The quantitative estimate of drug-likeness (QED) is 0.840. The molecule has 0 saturated carbocycles. The van der Waals surface area contributed by atoms with Gasteiger partial charge in [0, 0.05) is 25.2 Å². The smallest absolute Gasteiger partial charge is 0.253 e. The summed E-state index contributed by atoms with van der Waals surface area (Å²) in [5, 5.41) is 11.6. The highest BCUT2D eigenvalue weighted by Crippen LogP contribution is 2.13. The Kier molecular flexibility index (Phi) is 4.85. The molecule has 0 saturated heterocycles. The third kappa shape index (κ3) is 3.56. The summed E-state index contributed by atoms with van der Waals surface area (Å²) in [7, 11) is 1.63. The van der Waals surface area contributed by atoms with E-state index in [1.54, 1.807) is 38.2 Å². The molecule has 0 aromatic heterocycles. The molecule has 0 heterocycles. The number of carbonyl (C=O) groups excluding carboxylic acids is 2. The van der Waals surface area contributed by atoms with Gasteiger partial charge in [0.25, 0.3) is 5.91 Å². The van der Waals surface area contributed by atoms with Gasteiger partial charge in [0.05, 0.1) is 12.6 Å². The average Bonchev–Trinajstić information content (AvgIpc) is 2.35. The average molecular weight is 250 g/mol. The Labute approximate surface area is 106 Å². The van der Waals surface area contributed by atoms with E-state index < -0.39 is 0 Å². The zero-order valence-electron chi connectivity index (χ0n) is 10.8. The predicted molar refractivity (Wildman–Crippen MR) is 69.4 cm³/mol. The first-order valence-corrected chi connectivity index (χ1v) is 5.71. The first kappa shape index (κ1) is 14.2. The van der Waals surface area contributed by atoms with Gasteiger partial charge < -0.3 is 15.3 Å². The van der Waals surface area contributed by atoms with Crippen LogP contribution in [0.2, 0.25) is 0 Å². The Bertz CT molecular complexity index is 446. The second kappa shape index (κ2) is 6.16. The summed E-state index contributed by atoms with van der Waals surface area (Å²) >= 11 is 0. The molecule has 18 heavy (non-hydrogen) atoms. The number of rotatable bonds is 4. The lowest BCUT2D eigenvalue weighted by Gasteiger charge is -2.23. The minimum Gasteiger partial charge on any atom is -0.394 e. The van der Waals surface area contributed by atoms with E-state index in [1.807, 2.05) is 0 Å². The van der Waals surface area contributed by atoms with Crippen molar-refractivity contribution in [2.24, 2.45) is 0 Å². The fourth-order valence-corrected chi connectivity index (χ4v) is 1.46. The molecule has 2 N–H and O–H groups in total. The number of nitrogens with zero attached hydrogens (tertiary/aromatic N) is 1. The highest BCUT2D eigenvalue weighted by Gasteiger charge is 2.16. The van der Waals surface area contributed by atoms with Crippen LogP contribution in [-0.4, -0.2) is 41.5 Å². The van der Waals surface area contributed by atoms with Crippen LogP contribution in [0.4, 0.5) is 5.69 Å². The van der Waals surface area contributed by atoms with Crippen LogP contribution in [-0.2, 0) is 4.79 Å². The number of amides is 2. The molecule has 1 unspecified atom stereocenters. The van der Waals surface area contributed by atoms with Gasteiger partial charge in [-0.1, -0.05) is 6.07 Å². The van der Waals surface area contributed by atoms with E-state index in [-0.39, 0.29) is 24.5 Å². The largest absolute Gasteiger partial charge is 0.394 e. The highest BCUT2D eigenvalue weighted by atomic mass is 16.3. The van der Waals surface area contributed by atoms with Crippen LogP contribution in [0.3, 0.4) is 0 Å². The van der Waals surface area contributed by atoms with Crippen LogP contribution in [0, 0.1) is 0 Å². The second-order valence-electron chi connectivity index (χ2n) is 4.21. The molecule has 5 heteroatoms. The fraction of sp³-hybridized carbons (Fsp3) is 0.385. The normalized spacial score (nSPS) is 11.8. The molecule has 1 aromatic rings. The molecule has 1 atom stereocenters. The molecule has 98 valence electrons. The molecule has 0 fully saturated rings. The van der Waals surface area contributed by atoms with Gasteiger partial charge in [-0.3, -0.25) is 9.59 Å². The SMILES string of the molecule is CC(=O)Nc1cccc(C(=O)N(C)C(C)CO)c1. The van der Waals surface area contributed by atoms with Gasteiger partial charge in [-0.25, -0.2) is 0 Å². The van der Waals surface area contributed by atoms with Crippen molar-refractivity contribution in [2.45, 2.75) is 19.9 Å². The van der Waals surface area contributed by atoms with Crippen LogP contribution in [0.1, 0.15) is 24.2 Å². The maximum Gasteiger partial charge on any atom is 0.253 e. The summed E-state index contributed by atoms with van der Waals surface area (Å²) in [5.74, 6) is -0.375. The van der Waals surface area contributed by atoms with Crippen molar-refractivity contribution in [3.8, 4) is 0 Å². The number of carbonyl (C=O) groups is 2. The number of benzene rings is 1. The Hall–Kier alpha value is -1.88. The van der Waals surface area contributed by atoms with E-state index in [0.717, 1.165) is 0 Å². The maximum absolute atomic E-state index is 12.1. The van der Waals surface area contributed by atoms with Gasteiger partial charge in [0.1, 0.15) is 0 Å². The van der Waals surface area contributed by atoms with E-state index in [9.17, 15) is 9.59 Å².